The molecule has 1 aliphatic rings. The van der Waals surface area contributed by atoms with Gasteiger partial charge in [-0.25, -0.2) is 4.79 Å². The summed E-state index contributed by atoms with van der Waals surface area (Å²) >= 11 is 3.47. The molecule has 0 aliphatic carbocycles. The molecule has 1 aliphatic heterocycles. The predicted octanol–water partition coefficient (Wildman–Crippen LogP) is 3.24. The Balaban J connectivity index is 1.76. The molecule has 1 heterocycles. The number of morpholine rings is 1. The van der Waals surface area contributed by atoms with E-state index in [9.17, 15) is 4.79 Å². The monoisotopic (exact) mass is 383 g/mol. The Morgan fingerprint density at radius 2 is 2.26 bits per heavy atom. The zero-order chi connectivity index (χ0) is 16.8. The van der Waals surface area contributed by atoms with Gasteiger partial charge in [-0.1, -0.05) is 35.8 Å². The fraction of sp³-hybridized carbons (Fsp3) is 0.588. The lowest BCUT2D eigenvalue weighted by Gasteiger charge is -2.33. The fourth-order valence-corrected chi connectivity index (χ4v) is 3.02. The topological polar surface area (TPSA) is 53.6 Å². The average Bonchev–Trinajstić information content (AvgIpc) is 2.49. The molecule has 2 amide bonds. The number of carbonyl (C=O) groups excluding carboxylic acids is 1. The Morgan fingerprint density at radius 3 is 2.96 bits per heavy atom. The highest BCUT2D eigenvalue weighted by molar-refractivity contribution is 9.10. The van der Waals surface area contributed by atoms with Gasteiger partial charge < -0.3 is 15.4 Å². The van der Waals surface area contributed by atoms with E-state index in [0.717, 1.165) is 42.0 Å². The van der Waals surface area contributed by atoms with Crippen molar-refractivity contribution in [2.45, 2.75) is 26.9 Å². The Bertz CT molecular complexity index is 537. The average molecular weight is 384 g/mol. The standard InChI is InChI=1S/C17H26BrN3O2/c1-12(2)10-21-6-7-23-15(11-21)9-19-17(22)20-14-5-4-13(3)16(18)8-14/h4-5,8,12,15H,6-7,9-11H2,1-3H3,(H2,19,20,22). The third-order valence-corrected chi connectivity index (χ3v) is 4.62. The number of carbonyl (C=O) groups is 1. The molecule has 6 heteroatoms. The molecule has 0 aromatic heterocycles. The lowest BCUT2D eigenvalue weighted by molar-refractivity contribution is -0.0288. The van der Waals surface area contributed by atoms with E-state index in [1.54, 1.807) is 0 Å². The van der Waals surface area contributed by atoms with Crippen LogP contribution in [-0.4, -0.2) is 49.8 Å². The molecule has 1 unspecified atom stereocenters. The van der Waals surface area contributed by atoms with Crippen molar-refractivity contribution in [2.24, 2.45) is 5.92 Å². The molecule has 2 N–H and O–H groups in total. The van der Waals surface area contributed by atoms with Gasteiger partial charge in [0.15, 0.2) is 0 Å². The Labute approximate surface area is 146 Å². The summed E-state index contributed by atoms with van der Waals surface area (Å²) in [6.07, 6.45) is 0.0537. The quantitative estimate of drug-likeness (QED) is 0.820. The van der Waals surface area contributed by atoms with Gasteiger partial charge in [-0.3, -0.25) is 4.90 Å². The van der Waals surface area contributed by atoms with Crippen molar-refractivity contribution < 1.29 is 9.53 Å². The third kappa shape index (κ3) is 6.12. The van der Waals surface area contributed by atoms with Gasteiger partial charge in [-0.2, -0.15) is 0 Å². The van der Waals surface area contributed by atoms with E-state index in [4.69, 9.17) is 4.74 Å². The zero-order valence-electron chi connectivity index (χ0n) is 14.1. The SMILES string of the molecule is Cc1ccc(NC(=O)NCC2CN(CC(C)C)CCO2)cc1Br. The molecular formula is C17H26BrN3O2. The van der Waals surface area contributed by atoms with E-state index in [1.165, 1.54) is 0 Å². The molecule has 1 atom stereocenters. The van der Waals surface area contributed by atoms with Crippen LogP contribution in [0.2, 0.25) is 0 Å². The summed E-state index contributed by atoms with van der Waals surface area (Å²) in [5, 5.41) is 5.74. The summed E-state index contributed by atoms with van der Waals surface area (Å²) in [5.41, 5.74) is 1.91. The molecule has 1 aromatic rings. The van der Waals surface area contributed by atoms with Crippen molar-refractivity contribution in [1.29, 1.82) is 0 Å². The summed E-state index contributed by atoms with van der Waals surface area (Å²) in [6, 6.07) is 5.55. The van der Waals surface area contributed by atoms with Gasteiger partial charge in [0, 0.05) is 36.3 Å². The maximum Gasteiger partial charge on any atom is 0.319 e. The van der Waals surface area contributed by atoms with Crippen molar-refractivity contribution in [3.05, 3.63) is 28.2 Å². The van der Waals surface area contributed by atoms with Gasteiger partial charge in [-0.15, -0.1) is 0 Å². The van der Waals surface area contributed by atoms with Gasteiger partial charge >= 0.3 is 6.03 Å². The number of hydrogen-bond donors (Lipinski definition) is 2. The van der Waals surface area contributed by atoms with Crippen molar-refractivity contribution >= 4 is 27.6 Å². The lowest BCUT2D eigenvalue weighted by Crippen LogP contribution is -2.48. The molecule has 1 saturated heterocycles. The summed E-state index contributed by atoms with van der Waals surface area (Å²) in [7, 11) is 0. The second-order valence-corrected chi connectivity index (χ2v) is 7.30. The number of halogens is 1. The summed E-state index contributed by atoms with van der Waals surface area (Å²) in [4.78, 5) is 14.4. The van der Waals surface area contributed by atoms with E-state index in [-0.39, 0.29) is 12.1 Å². The van der Waals surface area contributed by atoms with Crippen LogP contribution in [-0.2, 0) is 4.74 Å². The van der Waals surface area contributed by atoms with Crippen LogP contribution < -0.4 is 10.6 Å². The van der Waals surface area contributed by atoms with Gasteiger partial charge in [0.05, 0.1) is 12.7 Å². The van der Waals surface area contributed by atoms with E-state index < -0.39 is 0 Å². The number of nitrogens with one attached hydrogen (secondary N) is 2. The molecule has 0 spiro atoms. The smallest absolute Gasteiger partial charge is 0.319 e. The minimum atomic E-state index is -0.203. The van der Waals surface area contributed by atoms with Crippen LogP contribution in [0, 0.1) is 12.8 Å². The zero-order valence-corrected chi connectivity index (χ0v) is 15.6. The van der Waals surface area contributed by atoms with E-state index in [0.29, 0.717) is 12.5 Å². The van der Waals surface area contributed by atoms with E-state index in [1.807, 2.05) is 25.1 Å². The first kappa shape index (κ1) is 18.2. The molecule has 5 nitrogen and oxygen atoms in total. The highest BCUT2D eigenvalue weighted by atomic mass is 79.9. The maximum atomic E-state index is 12.0. The van der Waals surface area contributed by atoms with E-state index >= 15 is 0 Å². The molecule has 128 valence electrons. The minimum absolute atomic E-state index is 0.0537. The van der Waals surface area contributed by atoms with Crippen molar-refractivity contribution in [1.82, 2.24) is 10.2 Å². The number of aryl methyl sites for hydroxylation is 1. The van der Waals surface area contributed by atoms with E-state index in [2.05, 4.69) is 45.3 Å². The summed E-state index contributed by atoms with van der Waals surface area (Å²) in [6.45, 7) is 10.6. The molecule has 1 aromatic carbocycles. The molecule has 0 saturated carbocycles. The van der Waals surface area contributed by atoms with Crippen LogP contribution in [0.3, 0.4) is 0 Å². The van der Waals surface area contributed by atoms with Crippen molar-refractivity contribution in [3.8, 4) is 0 Å². The normalized spacial score (nSPS) is 18.9. The number of rotatable bonds is 5. The molecule has 1 fully saturated rings. The molecular weight excluding hydrogens is 358 g/mol. The second kappa shape index (κ2) is 8.66. The molecule has 23 heavy (non-hydrogen) atoms. The van der Waals surface area contributed by atoms with Crippen LogP contribution in [0.25, 0.3) is 0 Å². The van der Waals surface area contributed by atoms with Crippen LogP contribution in [0.1, 0.15) is 19.4 Å². The number of ether oxygens (including phenoxy) is 1. The summed E-state index contributed by atoms with van der Waals surface area (Å²) in [5.74, 6) is 0.644. The molecule has 0 radical (unpaired) electrons. The third-order valence-electron chi connectivity index (χ3n) is 3.77. The molecule has 2 rings (SSSR count). The van der Waals surface area contributed by atoms with Gasteiger partial charge in [0.1, 0.15) is 0 Å². The van der Waals surface area contributed by atoms with Gasteiger partial charge in [0.2, 0.25) is 0 Å². The first-order valence-corrected chi connectivity index (χ1v) is 8.88. The number of amides is 2. The van der Waals surface area contributed by atoms with Crippen LogP contribution in [0.4, 0.5) is 10.5 Å². The van der Waals surface area contributed by atoms with Crippen LogP contribution in [0.15, 0.2) is 22.7 Å². The number of nitrogens with zero attached hydrogens (tertiary/aromatic N) is 1. The Hall–Kier alpha value is -1.11. The van der Waals surface area contributed by atoms with Crippen molar-refractivity contribution in [2.75, 3.05) is 38.1 Å². The summed E-state index contributed by atoms with van der Waals surface area (Å²) < 4.78 is 6.72. The first-order chi connectivity index (χ1) is 10.9. The molecule has 0 bridgehead atoms. The Morgan fingerprint density at radius 1 is 1.48 bits per heavy atom. The van der Waals surface area contributed by atoms with Gasteiger partial charge in [-0.05, 0) is 30.5 Å². The fourth-order valence-electron chi connectivity index (χ4n) is 2.64. The number of hydrogen-bond acceptors (Lipinski definition) is 3. The predicted molar refractivity (Wildman–Crippen MR) is 96.9 cm³/mol. The highest BCUT2D eigenvalue weighted by Crippen LogP contribution is 2.20. The maximum absolute atomic E-state index is 12.0. The lowest BCUT2D eigenvalue weighted by atomic mass is 10.2. The minimum Gasteiger partial charge on any atom is -0.374 e. The van der Waals surface area contributed by atoms with Crippen LogP contribution >= 0.6 is 15.9 Å². The number of anilines is 1. The van der Waals surface area contributed by atoms with Gasteiger partial charge in [0.25, 0.3) is 0 Å². The second-order valence-electron chi connectivity index (χ2n) is 6.45. The Kier molecular flexibility index (Phi) is 6.87. The first-order valence-electron chi connectivity index (χ1n) is 8.09. The number of benzene rings is 1. The van der Waals surface area contributed by atoms with Crippen LogP contribution in [0.5, 0.6) is 0 Å². The largest absolute Gasteiger partial charge is 0.374 e. The highest BCUT2D eigenvalue weighted by Gasteiger charge is 2.21. The van der Waals surface area contributed by atoms with Crippen molar-refractivity contribution in [3.63, 3.8) is 0 Å². The number of urea groups is 1.